The third kappa shape index (κ3) is 4.81. The minimum atomic E-state index is -0.636. The molecule has 1 aromatic heterocycles. The van der Waals surface area contributed by atoms with Gasteiger partial charge in [0.25, 0.3) is 5.69 Å². The number of nitro groups is 1. The largest absolute Gasteiger partial charge is 0.325 e. The predicted molar refractivity (Wildman–Crippen MR) is 104 cm³/mol. The molecule has 0 saturated heterocycles. The van der Waals surface area contributed by atoms with Gasteiger partial charge in [-0.05, 0) is 23.8 Å². The number of nitrogens with zero attached hydrogens (tertiary/aromatic N) is 3. The van der Waals surface area contributed by atoms with Crippen LogP contribution in [0.15, 0.2) is 72.1 Å². The van der Waals surface area contributed by atoms with Crippen LogP contribution in [-0.2, 0) is 4.79 Å². The number of halogens is 1. The zero-order chi connectivity index (χ0) is 19.2. The Bertz CT molecular complexity index is 957. The molecule has 0 spiro atoms. The number of aromatic nitrogens is 2. The summed E-state index contributed by atoms with van der Waals surface area (Å²) in [6.07, 6.45) is 3.19. The first-order chi connectivity index (χ1) is 13.0. The molecule has 136 valence electrons. The number of thioether (sulfide) groups is 1. The van der Waals surface area contributed by atoms with Crippen molar-refractivity contribution in [1.82, 2.24) is 9.97 Å². The fraction of sp³-hybridized carbons (Fsp3) is 0.0556. The molecule has 9 heteroatoms. The lowest BCUT2D eigenvalue weighted by atomic mass is 10.1. The second-order valence-electron chi connectivity index (χ2n) is 5.35. The summed E-state index contributed by atoms with van der Waals surface area (Å²) in [6.45, 7) is 0. The topological polar surface area (TPSA) is 98.0 Å². The molecule has 1 heterocycles. The SMILES string of the molecule is O=C(Nc1ccc(Cl)c([N+](=O)[O-])c1)[C@H](Sc1ncccn1)c1ccccc1. The van der Waals surface area contributed by atoms with Crippen molar-refractivity contribution in [1.29, 1.82) is 0 Å². The number of nitrogens with one attached hydrogen (secondary N) is 1. The molecule has 3 rings (SSSR count). The third-order valence-corrected chi connectivity index (χ3v) is 4.98. The average molecular weight is 401 g/mol. The van der Waals surface area contributed by atoms with Crippen LogP contribution in [0.5, 0.6) is 0 Å². The van der Waals surface area contributed by atoms with Gasteiger partial charge >= 0.3 is 0 Å². The van der Waals surface area contributed by atoms with Crippen molar-refractivity contribution in [3.8, 4) is 0 Å². The van der Waals surface area contributed by atoms with Crippen LogP contribution in [0.2, 0.25) is 5.02 Å². The predicted octanol–water partition coefficient (Wildman–Crippen LogP) is 4.51. The van der Waals surface area contributed by atoms with E-state index in [2.05, 4.69) is 15.3 Å². The highest BCUT2D eigenvalue weighted by atomic mass is 35.5. The van der Waals surface area contributed by atoms with Gasteiger partial charge in [-0.15, -0.1) is 0 Å². The van der Waals surface area contributed by atoms with E-state index in [1.54, 1.807) is 18.5 Å². The summed E-state index contributed by atoms with van der Waals surface area (Å²) < 4.78 is 0. The number of nitro benzene ring substituents is 1. The number of carbonyl (C=O) groups is 1. The van der Waals surface area contributed by atoms with Crippen molar-refractivity contribution in [3.63, 3.8) is 0 Å². The first-order valence-corrected chi connectivity index (χ1v) is 9.04. The highest BCUT2D eigenvalue weighted by molar-refractivity contribution is 8.00. The number of rotatable bonds is 6. The summed E-state index contributed by atoms with van der Waals surface area (Å²) in [6, 6.07) is 15.0. The molecule has 0 aliphatic carbocycles. The number of anilines is 1. The molecule has 0 radical (unpaired) electrons. The van der Waals surface area contributed by atoms with E-state index in [1.165, 1.54) is 30.0 Å². The molecule has 0 aliphatic heterocycles. The summed E-state index contributed by atoms with van der Waals surface area (Å²) in [4.78, 5) is 31.6. The van der Waals surface area contributed by atoms with E-state index in [0.717, 1.165) is 5.56 Å². The molecule has 1 atom stereocenters. The molecular weight excluding hydrogens is 388 g/mol. The smallest absolute Gasteiger partial charge is 0.289 e. The summed E-state index contributed by atoms with van der Waals surface area (Å²) in [5.74, 6) is -0.352. The maximum absolute atomic E-state index is 12.9. The lowest BCUT2D eigenvalue weighted by Gasteiger charge is -2.16. The molecule has 0 bridgehead atoms. The Kier molecular flexibility index (Phi) is 6.00. The molecule has 0 fully saturated rings. The molecule has 1 amide bonds. The summed E-state index contributed by atoms with van der Waals surface area (Å²) in [5.41, 5.74) is 0.771. The van der Waals surface area contributed by atoms with E-state index in [-0.39, 0.29) is 22.3 Å². The lowest BCUT2D eigenvalue weighted by Crippen LogP contribution is -2.19. The first-order valence-electron chi connectivity index (χ1n) is 7.78. The highest BCUT2D eigenvalue weighted by Gasteiger charge is 2.24. The Balaban J connectivity index is 1.87. The standard InChI is InChI=1S/C18H13ClN4O3S/c19-14-8-7-13(11-15(14)23(25)26)22-17(24)16(12-5-2-1-3-6-12)27-18-20-9-4-10-21-18/h1-11,16H,(H,22,24)/t16-/m1/s1. The average Bonchev–Trinajstić information content (AvgIpc) is 2.69. The number of benzene rings is 2. The zero-order valence-corrected chi connectivity index (χ0v) is 15.4. The molecular formula is C18H13ClN4O3S. The zero-order valence-electron chi connectivity index (χ0n) is 13.8. The van der Waals surface area contributed by atoms with Crippen LogP contribution in [-0.4, -0.2) is 20.8 Å². The van der Waals surface area contributed by atoms with Gasteiger partial charge in [0.2, 0.25) is 5.91 Å². The third-order valence-electron chi connectivity index (χ3n) is 3.52. The summed E-state index contributed by atoms with van der Waals surface area (Å²) in [5, 5.41) is 13.6. The van der Waals surface area contributed by atoms with Gasteiger partial charge in [-0.2, -0.15) is 0 Å². The molecule has 27 heavy (non-hydrogen) atoms. The van der Waals surface area contributed by atoms with Crippen LogP contribution in [0, 0.1) is 10.1 Å². The van der Waals surface area contributed by atoms with E-state index < -0.39 is 10.2 Å². The quantitative estimate of drug-likeness (QED) is 0.283. The Labute approximate surface area is 164 Å². The second-order valence-corrected chi connectivity index (χ2v) is 6.83. The number of hydrogen-bond acceptors (Lipinski definition) is 6. The fourth-order valence-electron chi connectivity index (χ4n) is 2.29. The van der Waals surface area contributed by atoms with Crippen LogP contribution in [0.3, 0.4) is 0 Å². The molecule has 0 aliphatic rings. The maximum Gasteiger partial charge on any atom is 0.289 e. The molecule has 3 aromatic rings. The fourth-order valence-corrected chi connectivity index (χ4v) is 3.39. The van der Waals surface area contributed by atoms with Gasteiger partial charge in [0.05, 0.1) is 4.92 Å². The van der Waals surface area contributed by atoms with E-state index in [1.807, 2.05) is 30.3 Å². The van der Waals surface area contributed by atoms with Gasteiger partial charge in [0.1, 0.15) is 10.3 Å². The van der Waals surface area contributed by atoms with Gasteiger partial charge in [-0.1, -0.05) is 53.7 Å². The minimum Gasteiger partial charge on any atom is -0.325 e. The Morgan fingerprint density at radius 1 is 1.11 bits per heavy atom. The first kappa shape index (κ1) is 18.8. The number of hydrogen-bond donors (Lipinski definition) is 1. The van der Waals surface area contributed by atoms with Crippen LogP contribution >= 0.6 is 23.4 Å². The van der Waals surface area contributed by atoms with E-state index in [0.29, 0.717) is 5.16 Å². The summed E-state index contributed by atoms with van der Waals surface area (Å²) in [7, 11) is 0. The molecule has 7 nitrogen and oxygen atoms in total. The van der Waals surface area contributed by atoms with Crippen molar-refractivity contribution >= 4 is 40.6 Å². The number of amides is 1. The van der Waals surface area contributed by atoms with Crippen LogP contribution < -0.4 is 5.32 Å². The van der Waals surface area contributed by atoms with Gasteiger partial charge < -0.3 is 5.32 Å². The van der Waals surface area contributed by atoms with Crippen molar-refractivity contribution in [2.45, 2.75) is 10.4 Å². The van der Waals surface area contributed by atoms with Crippen molar-refractivity contribution in [2.24, 2.45) is 0 Å². The van der Waals surface area contributed by atoms with Gasteiger partial charge in [-0.3, -0.25) is 14.9 Å². The summed E-state index contributed by atoms with van der Waals surface area (Å²) >= 11 is 7.01. The van der Waals surface area contributed by atoms with Crippen LogP contribution in [0.25, 0.3) is 0 Å². The van der Waals surface area contributed by atoms with E-state index in [9.17, 15) is 14.9 Å². The molecule has 1 N–H and O–H groups in total. The lowest BCUT2D eigenvalue weighted by molar-refractivity contribution is -0.384. The second kappa shape index (κ2) is 8.61. The minimum absolute atomic E-state index is 0.00432. The Morgan fingerprint density at radius 3 is 2.48 bits per heavy atom. The molecule has 0 unspecified atom stereocenters. The van der Waals surface area contributed by atoms with Crippen LogP contribution in [0.4, 0.5) is 11.4 Å². The number of carbonyl (C=O) groups excluding carboxylic acids is 1. The molecule has 0 saturated carbocycles. The monoisotopic (exact) mass is 400 g/mol. The van der Waals surface area contributed by atoms with Crippen molar-refractivity contribution in [3.05, 3.63) is 87.7 Å². The maximum atomic E-state index is 12.9. The normalized spacial score (nSPS) is 11.6. The Hall–Kier alpha value is -2.97. The van der Waals surface area contributed by atoms with Gasteiger partial charge in [0.15, 0.2) is 5.16 Å². The van der Waals surface area contributed by atoms with Crippen molar-refractivity contribution < 1.29 is 9.72 Å². The van der Waals surface area contributed by atoms with Crippen molar-refractivity contribution in [2.75, 3.05) is 5.32 Å². The highest BCUT2D eigenvalue weighted by Crippen LogP contribution is 2.35. The van der Waals surface area contributed by atoms with Gasteiger partial charge in [0, 0.05) is 24.1 Å². The van der Waals surface area contributed by atoms with E-state index in [4.69, 9.17) is 11.6 Å². The van der Waals surface area contributed by atoms with Crippen LogP contribution in [0.1, 0.15) is 10.8 Å². The molecule has 2 aromatic carbocycles. The van der Waals surface area contributed by atoms with Gasteiger partial charge in [-0.25, -0.2) is 9.97 Å². The van der Waals surface area contributed by atoms with E-state index >= 15 is 0 Å². The Morgan fingerprint density at radius 2 is 1.81 bits per heavy atom.